The highest BCUT2D eigenvalue weighted by Crippen LogP contribution is 2.37. The fraction of sp³-hybridized carbons (Fsp3) is 0.486. The minimum absolute atomic E-state index is 0.129. The van der Waals surface area contributed by atoms with Crippen molar-refractivity contribution in [1.82, 2.24) is 14.9 Å². The number of fused-ring (bicyclic) bond motifs is 2. The van der Waals surface area contributed by atoms with Crippen molar-refractivity contribution in [1.29, 1.82) is 5.26 Å². The van der Waals surface area contributed by atoms with Crippen molar-refractivity contribution in [3.05, 3.63) is 65.9 Å². The zero-order valence-electron chi connectivity index (χ0n) is 25.5. The summed E-state index contributed by atoms with van der Waals surface area (Å²) in [7, 11) is 0. The number of carbonyl (C=O) groups excluding carboxylic acids is 1. The zero-order chi connectivity index (χ0) is 29.9. The molecule has 3 aromatic rings. The highest BCUT2D eigenvalue weighted by atomic mass is 16.5. The second kappa shape index (κ2) is 12.6. The Morgan fingerprint density at radius 2 is 1.98 bits per heavy atom. The number of aromatic nitrogens is 2. The molecule has 0 radical (unpaired) electrons. The van der Waals surface area contributed by atoms with E-state index < -0.39 is 0 Å². The quantitative estimate of drug-likeness (QED) is 0.296. The first-order valence-corrected chi connectivity index (χ1v) is 15.8. The largest absolute Gasteiger partial charge is 0.463 e. The van der Waals surface area contributed by atoms with Gasteiger partial charge in [-0.2, -0.15) is 15.2 Å². The molecule has 224 valence electrons. The van der Waals surface area contributed by atoms with Gasteiger partial charge in [0.25, 0.3) is 0 Å². The van der Waals surface area contributed by atoms with Crippen LogP contribution in [-0.4, -0.2) is 59.6 Å². The third-order valence-electron chi connectivity index (χ3n) is 9.78. The van der Waals surface area contributed by atoms with Crippen LogP contribution in [0.25, 0.3) is 10.8 Å². The van der Waals surface area contributed by atoms with Crippen LogP contribution in [0.15, 0.2) is 49.1 Å². The summed E-state index contributed by atoms with van der Waals surface area (Å²) in [5, 5.41) is 12.1. The summed E-state index contributed by atoms with van der Waals surface area (Å²) in [6.45, 7) is 12.0. The van der Waals surface area contributed by atoms with Gasteiger partial charge in [-0.25, -0.2) is 0 Å². The van der Waals surface area contributed by atoms with Crippen LogP contribution in [0, 0.1) is 30.1 Å². The molecule has 2 fully saturated rings. The van der Waals surface area contributed by atoms with Crippen LogP contribution in [0.2, 0.25) is 0 Å². The van der Waals surface area contributed by atoms with Crippen molar-refractivity contribution >= 4 is 28.2 Å². The van der Waals surface area contributed by atoms with Gasteiger partial charge in [0, 0.05) is 42.8 Å². The van der Waals surface area contributed by atoms with E-state index in [9.17, 15) is 10.1 Å². The molecule has 2 aliphatic heterocycles. The summed E-state index contributed by atoms with van der Waals surface area (Å²) >= 11 is 0. The number of amides is 1. The molecule has 3 aliphatic rings. The third-order valence-corrected chi connectivity index (χ3v) is 9.78. The van der Waals surface area contributed by atoms with Gasteiger partial charge in [0.2, 0.25) is 5.91 Å². The molecule has 1 aliphatic carbocycles. The van der Waals surface area contributed by atoms with Gasteiger partial charge in [0.05, 0.1) is 37.4 Å². The van der Waals surface area contributed by atoms with Gasteiger partial charge in [-0.1, -0.05) is 63.1 Å². The molecule has 1 amide bonds. The van der Waals surface area contributed by atoms with Gasteiger partial charge in [-0.3, -0.25) is 4.79 Å². The number of nitrogens with zero attached hydrogens (tertiary/aromatic N) is 6. The Labute approximate surface area is 255 Å². The zero-order valence-corrected chi connectivity index (χ0v) is 25.5. The molecule has 6 rings (SSSR count). The number of nitriles is 1. The van der Waals surface area contributed by atoms with Gasteiger partial charge in [-0.15, -0.1) is 0 Å². The number of anilines is 2. The van der Waals surface area contributed by atoms with E-state index in [-0.39, 0.29) is 18.4 Å². The van der Waals surface area contributed by atoms with Crippen molar-refractivity contribution in [2.45, 2.75) is 65.0 Å². The molecule has 8 nitrogen and oxygen atoms in total. The molecular weight excluding hydrogens is 536 g/mol. The van der Waals surface area contributed by atoms with E-state index in [4.69, 9.17) is 14.7 Å². The van der Waals surface area contributed by atoms with Gasteiger partial charge < -0.3 is 19.4 Å². The second-order valence-corrected chi connectivity index (χ2v) is 12.4. The molecule has 1 unspecified atom stereocenters. The van der Waals surface area contributed by atoms with E-state index in [1.54, 1.807) is 4.90 Å². The molecule has 2 atom stereocenters. The SMILES string of the molecule is C=CC(=O)N1CCN(c2nc(OCCC(C)C3CCC3)nc3c2CCN(c2cccc4cccc(C)c24)C3)C[C@@H]1CC#N. The minimum Gasteiger partial charge on any atom is -0.463 e. The van der Waals surface area contributed by atoms with E-state index in [0.717, 1.165) is 42.4 Å². The fourth-order valence-electron chi connectivity index (χ4n) is 7.01. The van der Waals surface area contributed by atoms with Crippen LogP contribution < -0.4 is 14.5 Å². The van der Waals surface area contributed by atoms with E-state index in [0.29, 0.717) is 44.7 Å². The van der Waals surface area contributed by atoms with E-state index in [1.807, 2.05) is 0 Å². The fourth-order valence-corrected chi connectivity index (χ4v) is 7.01. The Hall–Kier alpha value is -4.12. The van der Waals surface area contributed by atoms with E-state index in [1.165, 1.54) is 47.4 Å². The molecule has 1 saturated carbocycles. The summed E-state index contributed by atoms with van der Waals surface area (Å²) in [6.07, 6.45) is 7.41. The topological polar surface area (TPSA) is 85.6 Å². The predicted molar refractivity (Wildman–Crippen MR) is 170 cm³/mol. The summed E-state index contributed by atoms with van der Waals surface area (Å²) in [6, 6.07) is 15.5. The first kappa shape index (κ1) is 29.0. The number of hydrogen-bond acceptors (Lipinski definition) is 7. The maximum Gasteiger partial charge on any atom is 0.318 e. The van der Waals surface area contributed by atoms with Crippen LogP contribution in [-0.2, 0) is 17.8 Å². The molecule has 3 heterocycles. The molecule has 2 aromatic carbocycles. The molecule has 1 saturated heterocycles. The number of ether oxygens (including phenoxy) is 1. The second-order valence-electron chi connectivity index (χ2n) is 12.4. The summed E-state index contributed by atoms with van der Waals surface area (Å²) < 4.78 is 6.28. The highest BCUT2D eigenvalue weighted by molar-refractivity contribution is 5.97. The Kier molecular flexibility index (Phi) is 8.51. The summed E-state index contributed by atoms with van der Waals surface area (Å²) in [4.78, 5) is 29.0. The third kappa shape index (κ3) is 5.90. The molecule has 0 N–H and O–H groups in total. The normalized spacial score (nSPS) is 19.4. The number of piperazine rings is 1. The average Bonchev–Trinajstić information content (AvgIpc) is 2.99. The number of hydrogen-bond donors (Lipinski definition) is 0. The Morgan fingerprint density at radius 3 is 2.72 bits per heavy atom. The number of rotatable bonds is 9. The lowest BCUT2D eigenvalue weighted by Gasteiger charge is -2.42. The van der Waals surface area contributed by atoms with Crippen molar-refractivity contribution in [3.8, 4) is 12.1 Å². The van der Waals surface area contributed by atoms with Gasteiger partial charge in [-0.05, 0) is 54.7 Å². The summed E-state index contributed by atoms with van der Waals surface area (Å²) in [5.41, 5.74) is 4.62. The van der Waals surface area contributed by atoms with Gasteiger partial charge >= 0.3 is 6.01 Å². The number of benzene rings is 2. The first-order valence-electron chi connectivity index (χ1n) is 15.8. The van der Waals surface area contributed by atoms with Crippen molar-refractivity contribution in [2.75, 3.05) is 42.6 Å². The molecule has 0 spiro atoms. The predicted octanol–water partition coefficient (Wildman–Crippen LogP) is 5.82. The lowest BCUT2D eigenvalue weighted by Crippen LogP contribution is -2.55. The molecule has 43 heavy (non-hydrogen) atoms. The molecule has 8 heteroatoms. The van der Waals surface area contributed by atoms with Crippen molar-refractivity contribution < 1.29 is 9.53 Å². The maximum absolute atomic E-state index is 12.5. The van der Waals surface area contributed by atoms with Gasteiger partial charge in [0.1, 0.15) is 5.82 Å². The van der Waals surface area contributed by atoms with Crippen LogP contribution in [0.3, 0.4) is 0 Å². The average molecular weight is 579 g/mol. The maximum atomic E-state index is 12.5. The number of aryl methyl sites for hydroxylation is 1. The molecular formula is C35H42N6O2. The van der Waals surface area contributed by atoms with E-state index >= 15 is 0 Å². The Morgan fingerprint density at radius 1 is 1.16 bits per heavy atom. The molecule has 1 aromatic heterocycles. The lowest BCUT2D eigenvalue weighted by atomic mass is 9.75. The Balaban J connectivity index is 1.30. The van der Waals surface area contributed by atoms with Crippen LogP contribution >= 0.6 is 0 Å². The summed E-state index contributed by atoms with van der Waals surface area (Å²) in [5.74, 6) is 2.20. The monoisotopic (exact) mass is 578 g/mol. The Bertz CT molecular complexity index is 1540. The smallest absolute Gasteiger partial charge is 0.318 e. The lowest BCUT2D eigenvalue weighted by molar-refractivity contribution is -0.128. The van der Waals surface area contributed by atoms with E-state index in [2.05, 4.69) is 72.7 Å². The number of carbonyl (C=O) groups is 1. The highest BCUT2D eigenvalue weighted by Gasteiger charge is 2.33. The first-order chi connectivity index (χ1) is 21.0. The van der Waals surface area contributed by atoms with Crippen LogP contribution in [0.5, 0.6) is 6.01 Å². The van der Waals surface area contributed by atoms with Crippen LogP contribution in [0.4, 0.5) is 11.5 Å². The minimum atomic E-state index is -0.221. The van der Waals surface area contributed by atoms with Gasteiger partial charge in [0.15, 0.2) is 0 Å². The molecule has 0 bridgehead atoms. The standard InChI is InChI=1S/C35H42N6O2/c1-4-32(42)41-20-19-40(22-28(41)14-17-36)34-29-15-18-39(31-13-7-12-27-11-5-8-25(3)33(27)31)23-30(29)37-35(38-34)43-21-16-24(2)26-9-6-10-26/h4-5,7-8,11-13,24,26,28H,1,6,9-10,14-16,18-23H2,2-3H3/t24?,28-/m0/s1. The van der Waals surface area contributed by atoms with Crippen molar-refractivity contribution in [2.24, 2.45) is 11.8 Å². The van der Waals surface area contributed by atoms with Crippen LogP contribution in [0.1, 0.15) is 55.8 Å². The van der Waals surface area contributed by atoms with Crippen molar-refractivity contribution in [3.63, 3.8) is 0 Å².